The van der Waals surface area contributed by atoms with Gasteiger partial charge in [0.15, 0.2) is 0 Å². The van der Waals surface area contributed by atoms with E-state index in [-0.39, 0.29) is 47.6 Å². The molecule has 0 saturated carbocycles. The lowest BCUT2D eigenvalue weighted by molar-refractivity contribution is 0.232. The highest BCUT2D eigenvalue weighted by atomic mass is 35.5. The van der Waals surface area contributed by atoms with E-state index in [1.807, 2.05) is 129 Å². The number of likely N-dealkylation sites (tertiary alicyclic amines) is 1. The standard InChI is InChI=1S/C27H31N7O2.C22H22FN5O2.C20H17Cl2N5O.CH4.2H2S/c1-32-16-18(13-30-32)27-15-29-25-5-4-20(11-26(25)31-27)34(7-6-33-17-19-8-22(33)14-28-19)21-9-23(35-2)12-24(10-21)36-3;1-27-14-15(12-25-27)22-13-24-20-5-4-16(10-21(20)26-22)28(7-6-23)17-8-18(29-2)11-19(9-17)30-3;1-26-12-13(10-24-26)20-11-23-18-3-2-16(9-19(18)25-20)27(4-5-28)17-7-14(21)6-15(22)8-17;;;/h4-5,9-13,15-16,19,22,28H,6-8,14,17H2,1-3H3;4-5,8-14H,6-7H2,1-3H3;2-3,6-12,28H,4-5H2,1H3;1H4;2*1H2/t19-,22-;;;;;/m0...../s1. The summed E-state index contributed by atoms with van der Waals surface area (Å²) >= 11 is 12.3. The molecule has 97 heavy (non-hydrogen) atoms. The van der Waals surface area contributed by atoms with Gasteiger partial charge in [-0.2, -0.15) is 42.3 Å². The highest BCUT2D eigenvalue weighted by Gasteiger charge is 2.37. The molecule has 0 unspecified atom stereocenters. The van der Waals surface area contributed by atoms with Crippen molar-refractivity contribution in [3.8, 4) is 56.8 Å². The highest BCUT2D eigenvalue weighted by molar-refractivity contribution is 7.59. The molecule has 6 aromatic heterocycles. The van der Waals surface area contributed by atoms with E-state index in [0.29, 0.717) is 45.7 Å². The van der Waals surface area contributed by atoms with Crippen molar-refractivity contribution in [1.29, 1.82) is 0 Å². The summed E-state index contributed by atoms with van der Waals surface area (Å²) in [5.41, 5.74) is 15.0. The van der Waals surface area contributed by atoms with E-state index in [0.717, 1.165) is 133 Å². The second kappa shape index (κ2) is 32.6. The number of fused-ring (bicyclic) bond motifs is 5. The minimum atomic E-state index is -0.515. The van der Waals surface area contributed by atoms with Gasteiger partial charge in [0.25, 0.3) is 0 Å². The average Bonchev–Trinajstić information content (AvgIpc) is 1.32. The summed E-state index contributed by atoms with van der Waals surface area (Å²) in [7, 11) is 12.2. The van der Waals surface area contributed by atoms with Gasteiger partial charge in [0.05, 0.1) is 129 Å². The van der Waals surface area contributed by atoms with E-state index in [1.165, 1.54) is 6.42 Å². The minimum Gasteiger partial charge on any atom is -0.497 e. The monoisotopic (exact) mass is 1390 g/mol. The zero-order valence-corrected chi connectivity index (χ0v) is 57.5. The van der Waals surface area contributed by atoms with Crippen LogP contribution in [0.15, 0.2) is 165 Å². The molecule has 2 bridgehead atoms. The maximum atomic E-state index is 13.4. The summed E-state index contributed by atoms with van der Waals surface area (Å²) in [5.74, 6) is 2.79. The van der Waals surface area contributed by atoms with Gasteiger partial charge in [-0.1, -0.05) is 30.6 Å². The number of nitrogens with zero attached hydrogens (tertiary/aromatic N) is 16. The van der Waals surface area contributed by atoms with E-state index in [9.17, 15) is 9.50 Å². The second-order valence-corrected chi connectivity index (χ2v) is 23.5. The van der Waals surface area contributed by atoms with Crippen LogP contribution in [0.3, 0.4) is 0 Å². The van der Waals surface area contributed by atoms with Gasteiger partial charge in [0, 0.05) is 182 Å². The first-order valence-electron chi connectivity index (χ1n) is 30.4. The van der Waals surface area contributed by atoms with Gasteiger partial charge in [-0.05, 0) is 79.2 Å². The van der Waals surface area contributed by atoms with Crippen molar-refractivity contribution in [1.82, 2.24) is 69.5 Å². The first kappa shape index (κ1) is 71.9. The molecule has 6 aromatic carbocycles. The number of hydrogen-bond acceptors (Lipinski definition) is 19. The molecule has 22 nitrogen and oxygen atoms in total. The fourth-order valence-corrected chi connectivity index (χ4v) is 12.2. The van der Waals surface area contributed by atoms with Crippen LogP contribution in [0.2, 0.25) is 10.0 Å². The van der Waals surface area contributed by atoms with E-state index >= 15 is 0 Å². The first-order chi connectivity index (χ1) is 45.7. The fourth-order valence-electron chi connectivity index (χ4n) is 11.7. The van der Waals surface area contributed by atoms with Crippen LogP contribution < -0.4 is 39.0 Å². The molecule has 2 fully saturated rings. The highest BCUT2D eigenvalue weighted by Crippen LogP contribution is 2.38. The van der Waals surface area contributed by atoms with Crippen LogP contribution in [0.25, 0.3) is 66.9 Å². The van der Waals surface area contributed by atoms with E-state index in [4.69, 9.17) is 57.1 Å². The summed E-state index contributed by atoms with van der Waals surface area (Å²) in [4.78, 5) is 36.8. The number of anilines is 6. The van der Waals surface area contributed by atoms with Crippen molar-refractivity contribution < 1.29 is 28.4 Å². The number of aromatic nitrogens is 12. The molecule has 2 aliphatic heterocycles. The van der Waals surface area contributed by atoms with E-state index in [1.54, 1.807) is 85.6 Å². The van der Waals surface area contributed by atoms with Gasteiger partial charge in [-0.25, -0.2) is 19.3 Å². The molecule has 27 heteroatoms. The normalized spacial score (nSPS) is 13.7. The Morgan fingerprint density at radius 3 is 1.21 bits per heavy atom. The molecule has 2 N–H and O–H groups in total. The number of rotatable bonds is 20. The third-order valence-corrected chi connectivity index (χ3v) is 16.8. The lowest BCUT2D eigenvalue weighted by Gasteiger charge is -2.32. The summed E-state index contributed by atoms with van der Waals surface area (Å²) in [5, 5.41) is 26.9. The van der Waals surface area contributed by atoms with Crippen LogP contribution in [0.4, 0.5) is 38.5 Å². The van der Waals surface area contributed by atoms with Gasteiger partial charge >= 0.3 is 0 Å². The van der Waals surface area contributed by atoms with Gasteiger partial charge in [0.2, 0.25) is 0 Å². The lowest BCUT2D eigenvalue weighted by atomic mass is 10.2. The predicted octanol–water partition coefficient (Wildman–Crippen LogP) is 12.7. The Labute approximate surface area is 586 Å². The Morgan fingerprint density at radius 2 is 0.876 bits per heavy atom. The molecular formula is C70H78Cl2FN17O5S2. The maximum absolute atomic E-state index is 13.4. The van der Waals surface area contributed by atoms with Crippen LogP contribution in [-0.4, -0.2) is 162 Å². The lowest BCUT2D eigenvalue weighted by Crippen LogP contribution is -2.46. The van der Waals surface area contributed by atoms with Crippen LogP contribution in [0, 0.1) is 0 Å². The summed E-state index contributed by atoms with van der Waals surface area (Å²) in [6, 6.07) is 35.8. The molecule has 2 atom stereocenters. The Bertz CT molecular complexity index is 4580. The Balaban J connectivity index is 0.000000169. The van der Waals surface area contributed by atoms with E-state index < -0.39 is 6.67 Å². The third-order valence-electron chi connectivity index (χ3n) is 16.4. The molecule has 0 amide bonds. The summed E-state index contributed by atoms with van der Waals surface area (Å²) < 4.78 is 40.6. The summed E-state index contributed by atoms with van der Waals surface area (Å²) in [6.07, 6.45) is 17.6. The fraction of sp³-hybridized carbons (Fsp3) is 0.271. The molecule has 14 rings (SSSR count). The number of benzene rings is 6. The maximum Gasteiger partial charge on any atom is 0.124 e. The topological polar surface area (TPSA) is 213 Å². The van der Waals surface area contributed by atoms with Crippen molar-refractivity contribution in [3.63, 3.8) is 0 Å². The van der Waals surface area contributed by atoms with Crippen molar-refractivity contribution in [2.45, 2.75) is 25.9 Å². The van der Waals surface area contributed by atoms with E-state index in [2.05, 4.69) is 69.6 Å². The van der Waals surface area contributed by atoms with Crippen LogP contribution in [0.1, 0.15) is 13.8 Å². The molecule has 0 aliphatic carbocycles. The Kier molecular flexibility index (Phi) is 24.2. The zero-order valence-electron chi connectivity index (χ0n) is 54.0. The molecular weight excluding hydrogens is 1310 g/mol. The largest absolute Gasteiger partial charge is 0.497 e. The average molecular weight is 1390 g/mol. The number of piperazine rings is 1. The van der Waals surface area contributed by atoms with Crippen LogP contribution >= 0.6 is 50.2 Å². The molecule has 506 valence electrons. The molecule has 0 spiro atoms. The third kappa shape index (κ3) is 16.9. The first-order valence-corrected chi connectivity index (χ1v) is 31.2. The van der Waals surface area contributed by atoms with Crippen molar-refractivity contribution in [2.24, 2.45) is 21.1 Å². The number of halogens is 3. The Hall–Kier alpha value is -9.34. The van der Waals surface area contributed by atoms with Gasteiger partial charge in [0.1, 0.15) is 29.7 Å². The number of ether oxygens (including phenoxy) is 4. The summed E-state index contributed by atoms with van der Waals surface area (Å²) in [6.45, 7) is 4.03. The number of alkyl halides is 1. The van der Waals surface area contributed by atoms with Crippen molar-refractivity contribution >= 4 is 117 Å². The van der Waals surface area contributed by atoms with Gasteiger partial charge in [-0.15, -0.1) is 0 Å². The molecule has 2 aliphatic rings. The number of aliphatic hydroxyl groups is 1. The Morgan fingerprint density at radius 1 is 0.495 bits per heavy atom. The number of nitrogens with one attached hydrogen (secondary N) is 1. The zero-order chi connectivity index (χ0) is 65.4. The smallest absolute Gasteiger partial charge is 0.124 e. The van der Waals surface area contributed by atoms with Gasteiger partial charge in [-0.3, -0.25) is 33.9 Å². The predicted molar refractivity (Wildman–Crippen MR) is 394 cm³/mol. The SMILES string of the molecule is C.COc1cc(OC)cc(N(CCF)c2ccc3ncc(-c4cnn(C)c4)nc3c2)c1.COc1cc(OC)cc(N(CCN2C[C@@H]3C[C@H]2CN3)c2ccc3ncc(-c4cnn(C)c4)nc3c2)c1.Cn1cc(-c2cnc3ccc(N(CCO)c4cc(Cl)cc(Cl)c4)cc3n2)cn1.S.S. The number of aryl methyl sites for hydroxylation is 3. The quantitative estimate of drug-likeness (QED) is 0.0726. The minimum absolute atomic E-state index is 0. The molecule has 12 aromatic rings. The molecule has 2 saturated heterocycles. The molecule has 0 radical (unpaired) electrons. The van der Waals surface area contributed by atoms with Crippen LogP contribution in [0.5, 0.6) is 23.0 Å². The van der Waals surface area contributed by atoms with Crippen LogP contribution in [-0.2, 0) is 21.1 Å². The number of methoxy groups -OCH3 is 4. The number of hydrogen-bond donors (Lipinski definition) is 2. The second-order valence-electron chi connectivity index (χ2n) is 22.6. The molecule has 8 heterocycles. The number of aliphatic hydroxyl groups excluding tert-OH is 1. The van der Waals surface area contributed by atoms with Crippen molar-refractivity contribution in [3.05, 3.63) is 175 Å². The van der Waals surface area contributed by atoms with Crippen molar-refractivity contribution in [2.75, 3.05) is 95.7 Å². The van der Waals surface area contributed by atoms with Gasteiger partial charge < -0.3 is 44.1 Å².